The van der Waals surface area contributed by atoms with Crippen LogP contribution in [0, 0.1) is 13.8 Å². The van der Waals surface area contributed by atoms with Crippen molar-refractivity contribution >= 4 is 17.7 Å². The van der Waals surface area contributed by atoms with Crippen molar-refractivity contribution in [1.82, 2.24) is 20.0 Å². The Balaban J connectivity index is 1.51. The van der Waals surface area contributed by atoms with Crippen LogP contribution in [0.25, 0.3) is 0 Å². The number of benzene rings is 1. The molecule has 0 spiro atoms. The number of rotatable bonds is 7. The number of thioether (sulfide) groups is 1. The van der Waals surface area contributed by atoms with E-state index in [4.69, 9.17) is 9.15 Å². The highest BCUT2D eigenvalue weighted by atomic mass is 32.2. The third kappa shape index (κ3) is 5.26. The summed E-state index contributed by atoms with van der Waals surface area (Å²) in [5.41, 5.74) is 2.19. The lowest BCUT2D eigenvalue weighted by Crippen LogP contribution is -2.50. The topological polar surface area (TPSA) is 71.7 Å². The highest BCUT2D eigenvalue weighted by Gasteiger charge is 2.26. The third-order valence-corrected chi connectivity index (χ3v) is 5.82. The first kappa shape index (κ1) is 20.7. The highest BCUT2D eigenvalue weighted by molar-refractivity contribution is 8.00. The second kappa shape index (κ2) is 9.43. The number of hydrogen-bond donors (Lipinski definition) is 0. The zero-order valence-electron chi connectivity index (χ0n) is 17.0. The molecule has 1 saturated heterocycles. The van der Waals surface area contributed by atoms with Crippen LogP contribution in [0.3, 0.4) is 0 Å². The Morgan fingerprint density at radius 2 is 2.00 bits per heavy atom. The van der Waals surface area contributed by atoms with Gasteiger partial charge in [0.15, 0.2) is 6.61 Å². The summed E-state index contributed by atoms with van der Waals surface area (Å²) < 4.78 is 11.5. The molecule has 0 N–H and O–H groups in total. The molecule has 3 rings (SSSR count). The second-order valence-electron chi connectivity index (χ2n) is 7.04. The molecule has 1 amide bonds. The third-order valence-electron chi connectivity index (χ3n) is 4.90. The van der Waals surface area contributed by atoms with Crippen LogP contribution in [-0.2, 0) is 11.4 Å². The summed E-state index contributed by atoms with van der Waals surface area (Å²) >= 11 is 1.30. The van der Waals surface area contributed by atoms with Crippen molar-refractivity contribution in [3.05, 3.63) is 35.2 Å². The van der Waals surface area contributed by atoms with Crippen LogP contribution in [0.5, 0.6) is 5.75 Å². The predicted molar refractivity (Wildman–Crippen MR) is 109 cm³/mol. The van der Waals surface area contributed by atoms with Gasteiger partial charge in [-0.25, -0.2) is 0 Å². The molecule has 2 heterocycles. The Morgan fingerprint density at radius 3 is 2.71 bits per heavy atom. The van der Waals surface area contributed by atoms with E-state index in [2.05, 4.69) is 22.0 Å². The standard InChI is InChI=1S/C20H28N4O3S/c1-5-23-8-10-24(11-9-23)19(25)16(4)28-20-22-21-18(27-20)13-26-17-12-14(2)6-7-15(17)3/h6-7,12,16H,5,8-11,13H2,1-4H3. The van der Waals surface area contributed by atoms with Gasteiger partial charge in [-0.2, -0.15) is 0 Å². The Labute approximate surface area is 170 Å². The lowest BCUT2D eigenvalue weighted by molar-refractivity contribution is -0.132. The molecule has 2 aromatic rings. The average Bonchev–Trinajstić information content (AvgIpc) is 3.15. The molecule has 1 aliphatic rings. The van der Waals surface area contributed by atoms with Crippen molar-refractivity contribution < 1.29 is 13.9 Å². The van der Waals surface area contributed by atoms with Gasteiger partial charge in [0.2, 0.25) is 5.91 Å². The number of ether oxygens (including phenoxy) is 1. The van der Waals surface area contributed by atoms with E-state index in [0.29, 0.717) is 11.1 Å². The number of hydrogen-bond acceptors (Lipinski definition) is 7. The van der Waals surface area contributed by atoms with Crippen molar-refractivity contribution in [3.8, 4) is 5.75 Å². The fourth-order valence-electron chi connectivity index (χ4n) is 3.09. The maximum Gasteiger partial charge on any atom is 0.277 e. The first-order valence-electron chi connectivity index (χ1n) is 9.66. The number of carbonyl (C=O) groups is 1. The molecule has 7 nitrogen and oxygen atoms in total. The van der Waals surface area contributed by atoms with Crippen molar-refractivity contribution in [3.63, 3.8) is 0 Å². The molecule has 1 fully saturated rings. The number of piperazine rings is 1. The van der Waals surface area contributed by atoms with Crippen LogP contribution in [-0.4, -0.2) is 63.9 Å². The number of carbonyl (C=O) groups excluding carboxylic acids is 1. The van der Waals surface area contributed by atoms with Gasteiger partial charge in [0.25, 0.3) is 11.1 Å². The number of aryl methyl sites for hydroxylation is 2. The summed E-state index contributed by atoms with van der Waals surface area (Å²) in [7, 11) is 0. The van der Waals surface area contributed by atoms with Gasteiger partial charge in [-0.05, 0) is 44.5 Å². The SMILES string of the molecule is CCN1CCN(C(=O)C(C)Sc2nnc(COc3cc(C)ccc3C)o2)CC1. The zero-order valence-corrected chi connectivity index (χ0v) is 17.8. The molecule has 0 aliphatic carbocycles. The molecule has 1 aromatic carbocycles. The molecule has 1 atom stereocenters. The quantitative estimate of drug-likeness (QED) is 0.657. The van der Waals surface area contributed by atoms with Crippen LogP contribution in [0.2, 0.25) is 0 Å². The molecular formula is C20H28N4O3S. The van der Waals surface area contributed by atoms with Crippen molar-refractivity contribution in [2.75, 3.05) is 32.7 Å². The van der Waals surface area contributed by atoms with Gasteiger partial charge in [0, 0.05) is 26.2 Å². The molecule has 8 heteroatoms. The van der Waals surface area contributed by atoms with Crippen molar-refractivity contribution in [2.45, 2.75) is 44.8 Å². The first-order valence-corrected chi connectivity index (χ1v) is 10.5. The van der Waals surface area contributed by atoms with Gasteiger partial charge in [0.1, 0.15) is 5.75 Å². The highest BCUT2D eigenvalue weighted by Crippen LogP contribution is 2.25. The van der Waals surface area contributed by atoms with E-state index in [0.717, 1.165) is 49.6 Å². The van der Waals surface area contributed by atoms with Crippen LogP contribution in [0.15, 0.2) is 27.8 Å². The minimum absolute atomic E-state index is 0.118. The van der Waals surface area contributed by atoms with Crippen LogP contribution >= 0.6 is 11.8 Å². The van der Waals surface area contributed by atoms with E-state index < -0.39 is 0 Å². The van der Waals surface area contributed by atoms with Crippen molar-refractivity contribution in [1.29, 1.82) is 0 Å². The lowest BCUT2D eigenvalue weighted by atomic mass is 10.1. The van der Waals surface area contributed by atoms with E-state index in [1.165, 1.54) is 11.8 Å². The molecule has 1 aromatic heterocycles. The Kier molecular flexibility index (Phi) is 6.96. The summed E-state index contributed by atoms with van der Waals surface area (Å²) in [6.07, 6.45) is 0. The zero-order chi connectivity index (χ0) is 20.1. The van der Waals surface area contributed by atoms with E-state index >= 15 is 0 Å². The summed E-state index contributed by atoms with van der Waals surface area (Å²) in [4.78, 5) is 16.9. The molecule has 152 valence electrons. The van der Waals surface area contributed by atoms with Gasteiger partial charge in [0.05, 0.1) is 5.25 Å². The summed E-state index contributed by atoms with van der Waals surface area (Å²) in [6.45, 7) is 12.7. The van der Waals surface area contributed by atoms with Crippen molar-refractivity contribution in [2.24, 2.45) is 0 Å². The molecular weight excluding hydrogens is 376 g/mol. The maximum atomic E-state index is 12.7. The second-order valence-corrected chi connectivity index (χ2v) is 8.33. The van der Waals surface area contributed by atoms with Crippen LogP contribution in [0.4, 0.5) is 0 Å². The van der Waals surface area contributed by atoms with Crippen LogP contribution in [0.1, 0.15) is 30.9 Å². The fourth-order valence-corrected chi connectivity index (χ4v) is 3.87. The largest absolute Gasteiger partial charge is 0.484 e. The van der Waals surface area contributed by atoms with Gasteiger partial charge in [-0.3, -0.25) is 4.79 Å². The summed E-state index contributed by atoms with van der Waals surface area (Å²) in [5.74, 6) is 1.33. The molecule has 1 aliphatic heterocycles. The Morgan fingerprint density at radius 1 is 1.25 bits per heavy atom. The minimum Gasteiger partial charge on any atom is -0.484 e. The number of nitrogens with zero attached hydrogens (tertiary/aromatic N) is 4. The van der Waals surface area contributed by atoms with Gasteiger partial charge >= 0.3 is 0 Å². The summed E-state index contributed by atoms with van der Waals surface area (Å²) in [5, 5.41) is 8.22. The number of likely N-dealkylation sites (N-methyl/N-ethyl adjacent to an activating group) is 1. The first-order chi connectivity index (χ1) is 13.5. The smallest absolute Gasteiger partial charge is 0.277 e. The van der Waals surface area contributed by atoms with E-state index in [1.54, 1.807) is 0 Å². The molecule has 28 heavy (non-hydrogen) atoms. The minimum atomic E-state index is -0.263. The Bertz CT molecular complexity index is 802. The van der Waals surface area contributed by atoms with E-state index in [1.807, 2.05) is 43.9 Å². The number of aromatic nitrogens is 2. The number of amides is 1. The van der Waals surface area contributed by atoms with Gasteiger partial charge < -0.3 is 19.0 Å². The average molecular weight is 405 g/mol. The maximum absolute atomic E-state index is 12.7. The molecule has 0 bridgehead atoms. The Hall–Kier alpha value is -2.06. The van der Waals surface area contributed by atoms with Gasteiger partial charge in [-0.15, -0.1) is 10.2 Å². The lowest BCUT2D eigenvalue weighted by Gasteiger charge is -2.35. The molecule has 0 saturated carbocycles. The van der Waals surface area contributed by atoms with Gasteiger partial charge in [-0.1, -0.05) is 30.8 Å². The predicted octanol–water partition coefficient (Wildman–Crippen LogP) is 2.91. The van der Waals surface area contributed by atoms with E-state index in [9.17, 15) is 4.79 Å². The normalized spacial score (nSPS) is 16.2. The van der Waals surface area contributed by atoms with E-state index in [-0.39, 0.29) is 17.8 Å². The fraction of sp³-hybridized carbons (Fsp3) is 0.550. The monoisotopic (exact) mass is 404 g/mol. The molecule has 0 radical (unpaired) electrons. The summed E-state index contributed by atoms with van der Waals surface area (Å²) in [6, 6.07) is 6.05. The van der Waals surface area contributed by atoms with Crippen LogP contribution < -0.4 is 4.74 Å². The molecule has 1 unspecified atom stereocenters.